The second-order valence-electron chi connectivity index (χ2n) is 7.54. The molecule has 1 aromatic carbocycles. The van der Waals surface area contributed by atoms with E-state index in [9.17, 15) is 13.6 Å². The quantitative estimate of drug-likeness (QED) is 0.644. The van der Waals surface area contributed by atoms with Gasteiger partial charge in [-0.15, -0.1) is 11.3 Å². The smallest absolute Gasteiger partial charge is 0.263 e. The van der Waals surface area contributed by atoms with Crippen molar-refractivity contribution in [2.45, 2.75) is 25.3 Å². The van der Waals surface area contributed by atoms with Gasteiger partial charge in [0.25, 0.3) is 5.91 Å². The lowest BCUT2D eigenvalue weighted by Crippen LogP contribution is -2.33. The average molecular weight is 416 g/mol. The van der Waals surface area contributed by atoms with Gasteiger partial charge in [-0.1, -0.05) is 0 Å². The number of fused-ring (bicyclic) bond motifs is 1. The monoisotopic (exact) mass is 416 g/mol. The molecule has 5 nitrogen and oxygen atoms in total. The first kappa shape index (κ1) is 19.8. The zero-order valence-corrected chi connectivity index (χ0v) is 17.2. The maximum Gasteiger partial charge on any atom is 0.263 e. The Hall–Kier alpha value is -2.45. The van der Waals surface area contributed by atoms with Gasteiger partial charge in [0.1, 0.15) is 22.0 Å². The van der Waals surface area contributed by atoms with Crippen molar-refractivity contribution in [1.29, 1.82) is 0 Å². The number of rotatable bonds is 4. The van der Waals surface area contributed by atoms with Crippen LogP contribution in [0.2, 0.25) is 0 Å². The molecule has 4 rings (SSSR count). The van der Waals surface area contributed by atoms with Crippen molar-refractivity contribution >= 4 is 27.6 Å². The van der Waals surface area contributed by atoms with E-state index in [-0.39, 0.29) is 17.6 Å². The molecule has 0 unspecified atom stereocenters. The molecule has 0 atom stereocenters. The third-order valence-electron chi connectivity index (χ3n) is 5.36. The summed E-state index contributed by atoms with van der Waals surface area (Å²) in [4.78, 5) is 26.8. The van der Waals surface area contributed by atoms with E-state index in [0.717, 1.165) is 47.9 Å². The minimum absolute atomic E-state index is 0.0333. The fourth-order valence-electron chi connectivity index (χ4n) is 3.87. The van der Waals surface area contributed by atoms with Crippen molar-refractivity contribution in [3.8, 4) is 0 Å². The highest BCUT2D eigenvalue weighted by molar-refractivity contribution is 7.20. The molecule has 1 aliphatic heterocycles. The van der Waals surface area contributed by atoms with Gasteiger partial charge >= 0.3 is 0 Å². The Morgan fingerprint density at radius 1 is 1.21 bits per heavy atom. The lowest BCUT2D eigenvalue weighted by molar-refractivity contribution is 0.0830. The van der Waals surface area contributed by atoms with Gasteiger partial charge in [0.2, 0.25) is 0 Å². The van der Waals surface area contributed by atoms with Gasteiger partial charge in [-0.25, -0.2) is 13.8 Å². The number of aromatic nitrogens is 2. The van der Waals surface area contributed by atoms with Crippen molar-refractivity contribution in [3.05, 3.63) is 58.2 Å². The number of likely N-dealkylation sites (tertiary alicyclic amines) is 1. The summed E-state index contributed by atoms with van der Waals surface area (Å²) in [5.74, 6) is -0.653. The number of carbonyl (C=O) groups excluding carboxylic acids is 1. The zero-order chi connectivity index (χ0) is 20.5. The largest absolute Gasteiger partial charge is 0.344 e. The van der Waals surface area contributed by atoms with E-state index in [1.54, 1.807) is 31.4 Å². The predicted molar refractivity (Wildman–Crippen MR) is 109 cm³/mol. The zero-order valence-electron chi connectivity index (χ0n) is 16.4. The highest BCUT2D eigenvalue weighted by atomic mass is 32.1. The Morgan fingerprint density at radius 3 is 2.66 bits per heavy atom. The number of benzene rings is 1. The van der Waals surface area contributed by atoms with Gasteiger partial charge in [-0.3, -0.25) is 14.7 Å². The van der Waals surface area contributed by atoms with Crippen LogP contribution in [0.4, 0.5) is 8.78 Å². The topological polar surface area (TPSA) is 49.3 Å². The molecule has 0 spiro atoms. The molecule has 152 valence electrons. The fraction of sp³-hybridized carbons (Fsp3) is 0.381. The molecule has 2 aromatic heterocycles. The summed E-state index contributed by atoms with van der Waals surface area (Å²) in [7, 11) is 3.49. The van der Waals surface area contributed by atoms with E-state index in [0.29, 0.717) is 17.0 Å². The molecule has 0 bridgehead atoms. The van der Waals surface area contributed by atoms with Gasteiger partial charge in [0.05, 0.1) is 4.88 Å². The average Bonchev–Trinajstić information content (AvgIpc) is 3.10. The molecule has 0 radical (unpaired) electrons. The van der Waals surface area contributed by atoms with Crippen LogP contribution in [0.1, 0.15) is 39.6 Å². The Labute approximate surface area is 172 Å². The summed E-state index contributed by atoms with van der Waals surface area (Å²) in [5.41, 5.74) is 2.16. The van der Waals surface area contributed by atoms with E-state index in [1.165, 1.54) is 23.5 Å². The minimum atomic E-state index is -0.425. The first-order chi connectivity index (χ1) is 13.9. The number of hydrogen-bond donors (Lipinski definition) is 0. The maximum absolute atomic E-state index is 14.0. The maximum atomic E-state index is 14.0. The second-order valence-corrected chi connectivity index (χ2v) is 8.54. The molecule has 0 N–H and O–H groups in total. The van der Waals surface area contributed by atoms with Crippen LogP contribution >= 0.6 is 11.3 Å². The highest BCUT2D eigenvalue weighted by Gasteiger charge is 2.30. The lowest BCUT2D eigenvalue weighted by atomic mass is 9.88. The SMILES string of the molecule is CN(C)C(=O)c1sc2nccnc2c1C1CCN(Cc2cc(F)ccc2F)CC1. The molecule has 3 heterocycles. The van der Waals surface area contributed by atoms with Crippen molar-refractivity contribution in [2.75, 3.05) is 27.2 Å². The van der Waals surface area contributed by atoms with Gasteiger partial charge in [-0.2, -0.15) is 0 Å². The number of thiophene rings is 1. The summed E-state index contributed by atoms with van der Waals surface area (Å²) >= 11 is 1.39. The third-order valence-corrected chi connectivity index (χ3v) is 6.45. The van der Waals surface area contributed by atoms with E-state index in [1.807, 2.05) is 0 Å². The Morgan fingerprint density at radius 2 is 1.93 bits per heavy atom. The molecular formula is C21H22F2N4OS. The third kappa shape index (κ3) is 4.00. The fourth-order valence-corrected chi connectivity index (χ4v) is 5.08. The van der Waals surface area contributed by atoms with E-state index < -0.39 is 5.82 Å². The van der Waals surface area contributed by atoms with Crippen molar-refractivity contribution in [1.82, 2.24) is 19.8 Å². The number of hydrogen-bond acceptors (Lipinski definition) is 5. The van der Waals surface area contributed by atoms with Crippen LogP contribution in [0.25, 0.3) is 10.3 Å². The van der Waals surface area contributed by atoms with E-state index in [2.05, 4.69) is 14.9 Å². The molecular weight excluding hydrogens is 394 g/mol. The van der Waals surface area contributed by atoms with Crippen LogP contribution in [0.15, 0.2) is 30.6 Å². The van der Waals surface area contributed by atoms with Crippen molar-refractivity contribution in [3.63, 3.8) is 0 Å². The molecule has 0 saturated carbocycles. The van der Waals surface area contributed by atoms with Gasteiger partial charge in [0, 0.05) is 44.2 Å². The Kier molecular flexibility index (Phi) is 5.56. The predicted octanol–water partition coefficient (Wildman–Crippen LogP) is 4.05. The van der Waals surface area contributed by atoms with E-state index in [4.69, 9.17) is 0 Å². The first-order valence-corrected chi connectivity index (χ1v) is 10.4. The van der Waals surface area contributed by atoms with Gasteiger partial charge in [0.15, 0.2) is 0 Å². The van der Waals surface area contributed by atoms with Crippen LogP contribution in [0.5, 0.6) is 0 Å². The molecule has 1 saturated heterocycles. The number of carbonyl (C=O) groups is 1. The van der Waals surface area contributed by atoms with Crippen LogP contribution in [0, 0.1) is 11.6 Å². The molecule has 29 heavy (non-hydrogen) atoms. The number of piperidine rings is 1. The molecule has 1 amide bonds. The Balaban J connectivity index is 1.55. The normalized spacial score (nSPS) is 15.7. The first-order valence-electron chi connectivity index (χ1n) is 9.55. The number of nitrogens with zero attached hydrogens (tertiary/aromatic N) is 4. The summed E-state index contributed by atoms with van der Waals surface area (Å²) in [5, 5.41) is 0. The van der Waals surface area contributed by atoms with E-state index >= 15 is 0 Å². The van der Waals surface area contributed by atoms with Gasteiger partial charge in [-0.05, 0) is 50.0 Å². The number of halogens is 2. The molecule has 0 aliphatic carbocycles. The lowest BCUT2D eigenvalue weighted by Gasteiger charge is -2.32. The molecule has 1 aliphatic rings. The van der Waals surface area contributed by atoms with Crippen LogP contribution in [-0.4, -0.2) is 52.9 Å². The summed E-state index contributed by atoms with van der Waals surface area (Å²) in [6, 6.07) is 3.57. The molecule has 3 aromatic rings. The van der Waals surface area contributed by atoms with Crippen LogP contribution < -0.4 is 0 Å². The van der Waals surface area contributed by atoms with Crippen molar-refractivity contribution < 1.29 is 13.6 Å². The van der Waals surface area contributed by atoms with Crippen molar-refractivity contribution in [2.24, 2.45) is 0 Å². The summed E-state index contributed by atoms with van der Waals surface area (Å²) in [6.07, 6.45) is 4.95. The minimum Gasteiger partial charge on any atom is -0.344 e. The number of amides is 1. The molecule has 8 heteroatoms. The Bertz CT molecular complexity index is 1040. The summed E-state index contributed by atoms with van der Waals surface area (Å²) < 4.78 is 27.4. The van der Waals surface area contributed by atoms with Gasteiger partial charge < -0.3 is 4.90 Å². The summed E-state index contributed by atoms with van der Waals surface area (Å²) in [6.45, 7) is 1.87. The molecule has 1 fully saturated rings. The van der Waals surface area contributed by atoms with Crippen LogP contribution in [0.3, 0.4) is 0 Å². The van der Waals surface area contributed by atoms with Crippen LogP contribution in [-0.2, 0) is 6.54 Å². The highest BCUT2D eigenvalue weighted by Crippen LogP contribution is 2.39. The standard InChI is InChI=1S/C21H22F2N4OS/c1-26(2)21(28)19-17(18-20(29-19)25-8-7-24-18)13-5-9-27(10-6-13)12-14-11-15(22)3-4-16(14)23/h3-4,7-8,11,13H,5-6,9-10,12H2,1-2H3. The second kappa shape index (κ2) is 8.12.